The number of aliphatic hydroxyl groups excluding tert-OH is 8. The molecule has 12 unspecified atom stereocenters. The summed E-state index contributed by atoms with van der Waals surface area (Å²) < 4.78 is 22.5. The van der Waals surface area contributed by atoms with Crippen LogP contribution in [0.15, 0.2) is 36.5 Å². The van der Waals surface area contributed by atoms with Gasteiger partial charge in [0, 0.05) is 6.42 Å². The molecule has 320 valence electrons. The van der Waals surface area contributed by atoms with Crippen molar-refractivity contribution in [3.63, 3.8) is 0 Å². The number of rotatable bonds is 29. The predicted molar refractivity (Wildman–Crippen MR) is 208 cm³/mol. The molecule has 2 heterocycles. The summed E-state index contributed by atoms with van der Waals surface area (Å²) in [6.45, 7) is 2.59. The van der Waals surface area contributed by atoms with Crippen molar-refractivity contribution in [1.82, 2.24) is 5.32 Å². The van der Waals surface area contributed by atoms with Gasteiger partial charge >= 0.3 is 0 Å². The summed E-state index contributed by atoms with van der Waals surface area (Å²) in [4.78, 5) is 13.0. The van der Waals surface area contributed by atoms with E-state index in [9.17, 15) is 45.6 Å². The third-order valence-electron chi connectivity index (χ3n) is 10.0. The van der Waals surface area contributed by atoms with Crippen LogP contribution in [-0.2, 0) is 23.7 Å². The van der Waals surface area contributed by atoms with Crippen LogP contribution < -0.4 is 5.32 Å². The highest BCUT2D eigenvalue weighted by molar-refractivity contribution is 5.76. The Labute approximate surface area is 328 Å². The van der Waals surface area contributed by atoms with E-state index in [2.05, 4.69) is 43.5 Å². The largest absolute Gasteiger partial charge is 0.394 e. The summed E-state index contributed by atoms with van der Waals surface area (Å²) in [7, 11) is 0. The lowest BCUT2D eigenvalue weighted by atomic mass is 9.97. The molecule has 0 aromatic carbocycles. The molecule has 14 nitrogen and oxygen atoms in total. The molecule has 9 N–H and O–H groups in total. The number of aliphatic hydroxyl groups is 8. The molecule has 12 atom stereocenters. The van der Waals surface area contributed by atoms with Crippen molar-refractivity contribution in [3.8, 4) is 0 Å². The number of carbonyl (C=O) groups is 1. The van der Waals surface area contributed by atoms with Gasteiger partial charge in [-0.25, -0.2) is 0 Å². The highest BCUT2D eigenvalue weighted by Gasteiger charge is 2.50. The van der Waals surface area contributed by atoms with Crippen LogP contribution in [0.2, 0.25) is 0 Å². The lowest BCUT2D eigenvalue weighted by Gasteiger charge is -2.46. The van der Waals surface area contributed by atoms with Gasteiger partial charge in [0.2, 0.25) is 5.91 Å². The average Bonchev–Trinajstić information content (AvgIpc) is 3.18. The van der Waals surface area contributed by atoms with Gasteiger partial charge in [0.1, 0.15) is 48.8 Å². The summed E-state index contributed by atoms with van der Waals surface area (Å²) in [5.41, 5.74) is 0. The van der Waals surface area contributed by atoms with E-state index in [-0.39, 0.29) is 18.9 Å². The second kappa shape index (κ2) is 29.4. The molecule has 14 heteroatoms. The second-order valence-electron chi connectivity index (χ2n) is 14.7. The van der Waals surface area contributed by atoms with Crippen LogP contribution in [0.5, 0.6) is 0 Å². The van der Waals surface area contributed by atoms with Gasteiger partial charge in [0.25, 0.3) is 0 Å². The minimum Gasteiger partial charge on any atom is -0.394 e. The topological polar surface area (TPSA) is 228 Å². The summed E-state index contributed by atoms with van der Waals surface area (Å²) >= 11 is 0. The SMILES string of the molecule is CCC/C=C/CC/C=C/C(O)C(COC1OC(CO)C(OC2OC(CO)C(O)C(O)C2O)C(O)C1O)NC(=O)CCCCCCC/C=C\CCCCCCC. The molecule has 0 aliphatic carbocycles. The molecule has 2 fully saturated rings. The summed E-state index contributed by atoms with van der Waals surface area (Å²) in [6.07, 6.45) is 12.4. The highest BCUT2D eigenvalue weighted by atomic mass is 16.7. The van der Waals surface area contributed by atoms with Crippen molar-refractivity contribution in [2.24, 2.45) is 0 Å². The Kier molecular flexibility index (Phi) is 26.4. The van der Waals surface area contributed by atoms with Crippen molar-refractivity contribution in [2.45, 2.75) is 197 Å². The van der Waals surface area contributed by atoms with Crippen molar-refractivity contribution < 1.29 is 64.6 Å². The van der Waals surface area contributed by atoms with Crippen LogP contribution in [0.4, 0.5) is 0 Å². The highest BCUT2D eigenvalue weighted by Crippen LogP contribution is 2.29. The van der Waals surface area contributed by atoms with E-state index in [4.69, 9.17) is 18.9 Å². The van der Waals surface area contributed by atoms with Crippen LogP contribution in [-0.4, -0.2) is 140 Å². The third-order valence-corrected chi connectivity index (χ3v) is 10.0. The number of hydrogen-bond acceptors (Lipinski definition) is 13. The number of allylic oxidation sites excluding steroid dienone is 5. The predicted octanol–water partition coefficient (Wildman–Crippen LogP) is 2.81. The maximum absolute atomic E-state index is 13.0. The molecule has 2 aliphatic rings. The molecule has 0 spiro atoms. The van der Waals surface area contributed by atoms with Gasteiger partial charge in [-0.05, 0) is 51.4 Å². The number of nitrogens with one attached hydrogen (secondary N) is 1. The van der Waals surface area contributed by atoms with Crippen molar-refractivity contribution in [1.29, 1.82) is 0 Å². The second-order valence-corrected chi connectivity index (χ2v) is 14.7. The van der Waals surface area contributed by atoms with Gasteiger partial charge in [-0.1, -0.05) is 102 Å². The zero-order valence-electron chi connectivity index (χ0n) is 33.2. The fourth-order valence-corrected chi connectivity index (χ4v) is 6.54. The van der Waals surface area contributed by atoms with E-state index >= 15 is 0 Å². The molecule has 0 aromatic rings. The summed E-state index contributed by atoms with van der Waals surface area (Å²) in [5.74, 6) is -0.267. The van der Waals surface area contributed by atoms with Crippen LogP contribution in [0, 0.1) is 0 Å². The molecule has 2 rings (SSSR count). The van der Waals surface area contributed by atoms with E-state index < -0.39 is 86.8 Å². The first-order valence-corrected chi connectivity index (χ1v) is 20.7. The standard InChI is InChI=1S/C41H73NO13/c1-3-5-7-9-11-12-13-14-15-16-17-19-21-23-25-33(46)42-29(30(45)24-22-20-18-10-8-6-4-2)28-52-40-38(51)36(49)39(32(27-44)54-40)55-41-37(50)35(48)34(47)31(26-43)53-41/h8,10,13-14,22,24,29-32,34-41,43-45,47-51H,3-7,9,11-12,15-21,23,25-28H2,1-2H3,(H,42,46)/b10-8+,14-13-,24-22+. The van der Waals surface area contributed by atoms with E-state index in [0.29, 0.717) is 12.8 Å². The van der Waals surface area contributed by atoms with Gasteiger partial charge in [-0.2, -0.15) is 0 Å². The Morgan fingerprint density at radius 3 is 1.85 bits per heavy atom. The number of carbonyl (C=O) groups excluding carboxylic acids is 1. The molecule has 55 heavy (non-hydrogen) atoms. The first-order valence-electron chi connectivity index (χ1n) is 20.7. The smallest absolute Gasteiger partial charge is 0.220 e. The van der Waals surface area contributed by atoms with Gasteiger partial charge in [-0.15, -0.1) is 0 Å². The van der Waals surface area contributed by atoms with Crippen LogP contribution in [0.1, 0.15) is 123 Å². The summed E-state index contributed by atoms with van der Waals surface area (Å²) in [5, 5.41) is 85.9. The monoisotopic (exact) mass is 788 g/mol. The summed E-state index contributed by atoms with van der Waals surface area (Å²) in [6, 6.07) is -0.929. The van der Waals surface area contributed by atoms with E-state index in [1.54, 1.807) is 6.08 Å². The molecule has 0 bridgehead atoms. The Balaban J connectivity index is 1.91. The third kappa shape index (κ3) is 18.6. The molecular weight excluding hydrogens is 714 g/mol. The minimum atomic E-state index is -1.79. The van der Waals surface area contributed by atoms with E-state index in [1.807, 2.05) is 6.08 Å². The normalized spacial score (nSPS) is 30.1. The number of ether oxygens (including phenoxy) is 4. The fraction of sp³-hybridized carbons (Fsp3) is 0.829. The maximum Gasteiger partial charge on any atom is 0.220 e. The zero-order valence-corrected chi connectivity index (χ0v) is 33.2. The Hall–Kier alpha value is -1.79. The van der Waals surface area contributed by atoms with E-state index in [1.165, 1.54) is 32.1 Å². The molecular formula is C41H73NO13. The first-order chi connectivity index (χ1) is 26.6. The number of hydrogen-bond donors (Lipinski definition) is 9. The lowest BCUT2D eigenvalue weighted by Crippen LogP contribution is -2.65. The van der Waals surface area contributed by atoms with Gasteiger partial charge in [0.15, 0.2) is 12.6 Å². The lowest BCUT2D eigenvalue weighted by molar-refractivity contribution is -0.359. The first kappa shape index (κ1) is 49.4. The van der Waals surface area contributed by atoms with Crippen molar-refractivity contribution in [2.75, 3.05) is 19.8 Å². The van der Waals surface area contributed by atoms with Gasteiger partial charge in [-0.3, -0.25) is 4.79 Å². The molecule has 0 radical (unpaired) electrons. The quantitative estimate of drug-likeness (QED) is 0.0393. The Morgan fingerprint density at radius 1 is 0.636 bits per heavy atom. The van der Waals surface area contributed by atoms with Crippen LogP contribution in [0.3, 0.4) is 0 Å². The number of amides is 1. The van der Waals surface area contributed by atoms with Crippen molar-refractivity contribution in [3.05, 3.63) is 36.5 Å². The van der Waals surface area contributed by atoms with Crippen molar-refractivity contribution >= 4 is 5.91 Å². The average molecular weight is 788 g/mol. The van der Waals surface area contributed by atoms with Gasteiger partial charge < -0.3 is 65.1 Å². The van der Waals surface area contributed by atoms with E-state index in [0.717, 1.165) is 57.8 Å². The van der Waals surface area contributed by atoms with Crippen LogP contribution in [0.25, 0.3) is 0 Å². The zero-order chi connectivity index (χ0) is 40.4. The fourth-order valence-electron chi connectivity index (χ4n) is 6.54. The Morgan fingerprint density at radius 2 is 1.20 bits per heavy atom. The molecule has 2 aliphatic heterocycles. The number of unbranched alkanes of at least 4 members (excludes halogenated alkanes) is 12. The van der Waals surface area contributed by atoms with Gasteiger partial charge in [0.05, 0.1) is 32.0 Å². The van der Waals surface area contributed by atoms with Crippen LogP contribution >= 0.6 is 0 Å². The Bertz CT molecular complexity index is 1070. The molecule has 2 saturated heterocycles. The minimum absolute atomic E-state index is 0.262. The molecule has 0 aromatic heterocycles. The maximum atomic E-state index is 13.0. The molecule has 0 saturated carbocycles. The molecule has 1 amide bonds.